The lowest BCUT2D eigenvalue weighted by atomic mass is 10.4. The molecule has 0 aliphatic carbocycles. The first-order valence-electron chi connectivity index (χ1n) is 5.44. The predicted molar refractivity (Wildman–Crippen MR) is 55.5 cm³/mol. The summed E-state index contributed by atoms with van der Waals surface area (Å²) in [5.41, 5.74) is 0. The molecule has 0 N–H and O–H groups in total. The van der Waals surface area contributed by atoms with Crippen molar-refractivity contribution in [2.24, 2.45) is 0 Å². The van der Waals surface area contributed by atoms with Gasteiger partial charge in [-0.25, -0.2) is 0 Å². The number of rotatable bonds is 7. The van der Waals surface area contributed by atoms with E-state index >= 15 is 0 Å². The zero-order valence-electron chi connectivity index (χ0n) is 9.26. The molecule has 1 atom stereocenters. The highest BCUT2D eigenvalue weighted by Gasteiger charge is 2.23. The molecule has 1 saturated heterocycles. The first kappa shape index (κ1) is 11.1. The summed E-state index contributed by atoms with van der Waals surface area (Å²) in [5, 5.41) is 0. The van der Waals surface area contributed by atoms with Crippen molar-refractivity contribution in [1.29, 1.82) is 0 Å². The minimum absolute atomic E-state index is 0.196. The van der Waals surface area contributed by atoms with Crippen LogP contribution >= 0.6 is 0 Å². The molecule has 2 heterocycles. The summed E-state index contributed by atoms with van der Waals surface area (Å²) in [6, 6.07) is 0.604. The van der Waals surface area contributed by atoms with Crippen LogP contribution in [0.5, 0.6) is 12.0 Å². The minimum Gasteiger partial charge on any atom is -0.463 e. The second-order valence-corrected chi connectivity index (χ2v) is 3.52. The molecule has 2 rings (SSSR count). The topological polar surface area (TPSA) is 69.7 Å². The average molecular weight is 225 g/mol. The monoisotopic (exact) mass is 225 g/mol. The minimum atomic E-state index is 0.196. The number of hydrogen-bond acceptors (Lipinski definition) is 6. The van der Waals surface area contributed by atoms with Crippen LogP contribution in [0.2, 0.25) is 0 Å². The van der Waals surface area contributed by atoms with E-state index in [1.165, 1.54) is 6.33 Å². The first-order chi connectivity index (χ1) is 7.88. The Balaban J connectivity index is 1.80. The summed E-state index contributed by atoms with van der Waals surface area (Å²) < 4.78 is 15.7. The van der Waals surface area contributed by atoms with Gasteiger partial charge < -0.3 is 14.2 Å². The maximum Gasteiger partial charge on any atom is 0.322 e. The summed E-state index contributed by atoms with van der Waals surface area (Å²) in [5.74, 6) is 0. The Morgan fingerprint density at radius 3 is 2.81 bits per heavy atom. The van der Waals surface area contributed by atoms with Gasteiger partial charge in [-0.2, -0.15) is 9.97 Å². The molecule has 1 unspecified atom stereocenters. The molecule has 0 amide bonds. The molecule has 0 aromatic carbocycles. The van der Waals surface area contributed by atoms with Crippen LogP contribution in [0, 0.1) is 0 Å². The normalized spacial score (nSPS) is 18.2. The predicted octanol–water partition coefficient (Wildman–Crippen LogP) is 0.828. The van der Waals surface area contributed by atoms with E-state index in [2.05, 4.69) is 21.9 Å². The summed E-state index contributed by atoms with van der Waals surface area (Å²) in [7, 11) is 0. The third kappa shape index (κ3) is 3.62. The third-order valence-electron chi connectivity index (χ3n) is 2.06. The fraction of sp³-hybridized carbons (Fsp3) is 0.700. The van der Waals surface area contributed by atoms with Gasteiger partial charge >= 0.3 is 12.0 Å². The van der Waals surface area contributed by atoms with E-state index in [-0.39, 0.29) is 12.1 Å². The van der Waals surface area contributed by atoms with Gasteiger partial charge in [0, 0.05) is 0 Å². The lowest BCUT2D eigenvalue weighted by Gasteiger charge is -2.04. The molecule has 1 aromatic heterocycles. The van der Waals surface area contributed by atoms with Crippen LogP contribution in [0.15, 0.2) is 6.33 Å². The van der Waals surface area contributed by atoms with E-state index in [1.54, 1.807) is 0 Å². The number of ether oxygens (including phenoxy) is 3. The standard InChI is InChI=1S/C10H15N3O3/c1-2-3-4-14-9-11-7-12-10(13-9)16-6-8-5-15-8/h7-8H,2-6H2,1H3. The van der Waals surface area contributed by atoms with Crippen LogP contribution in [0.1, 0.15) is 19.8 Å². The lowest BCUT2D eigenvalue weighted by Crippen LogP contribution is -2.08. The fourth-order valence-corrected chi connectivity index (χ4v) is 1.05. The molecule has 16 heavy (non-hydrogen) atoms. The van der Waals surface area contributed by atoms with E-state index in [0.717, 1.165) is 19.4 Å². The van der Waals surface area contributed by atoms with Crippen LogP contribution < -0.4 is 9.47 Å². The van der Waals surface area contributed by atoms with Crippen molar-refractivity contribution >= 4 is 0 Å². The summed E-state index contributed by atoms with van der Waals surface area (Å²) in [6.07, 6.45) is 3.64. The Bertz CT molecular complexity index is 331. The van der Waals surface area contributed by atoms with Crippen molar-refractivity contribution in [2.75, 3.05) is 19.8 Å². The number of unbranched alkanes of at least 4 members (excludes halogenated alkanes) is 1. The van der Waals surface area contributed by atoms with Crippen LogP contribution in [0.25, 0.3) is 0 Å². The number of aromatic nitrogens is 3. The fourth-order valence-electron chi connectivity index (χ4n) is 1.05. The van der Waals surface area contributed by atoms with Crippen molar-refractivity contribution in [3.8, 4) is 12.0 Å². The third-order valence-corrected chi connectivity index (χ3v) is 2.06. The quantitative estimate of drug-likeness (QED) is 0.505. The van der Waals surface area contributed by atoms with Crippen molar-refractivity contribution < 1.29 is 14.2 Å². The van der Waals surface area contributed by atoms with E-state index in [1.807, 2.05) is 0 Å². The van der Waals surface area contributed by atoms with Crippen LogP contribution in [0.4, 0.5) is 0 Å². The highest BCUT2D eigenvalue weighted by Crippen LogP contribution is 2.12. The van der Waals surface area contributed by atoms with Crippen molar-refractivity contribution in [3.63, 3.8) is 0 Å². The molecule has 6 nitrogen and oxygen atoms in total. The smallest absolute Gasteiger partial charge is 0.322 e. The Morgan fingerprint density at radius 2 is 2.12 bits per heavy atom. The molecular formula is C10H15N3O3. The lowest BCUT2D eigenvalue weighted by molar-refractivity contribution is 0.234. The molecule has 0 bridgehead atoms. The van der Waals surface area contributed by atoms with Crippen molar-refractivity contribution in [3.05, 3.63) is 6.33 Å². The molecule has 6 heteroatoms. The highest BCUT2D eigenvalue weighted by atomic mass is 16.6. The van der Waals surface area contributed by atoms with E-state index in [4.69, 9.17) is 14.2 Å². The largest absolute Gasteiger partial charge is 0.463 e. The number of nitrogens with zero attached hydrogens (tertiary/aromatic N) is 3. The maximum absolute atomic E-state index is 5.34. The molecule has 1 aromatic rings. The van der Waals surface area contributed by atoms with Crippen LogP contribution in [-0.2, 0) is 4.74 Å². The summed E-state index contributed by atoms with van der Waals surface area (Å²) in [4.78, 5) is 11.8. The molecule has 88 valence electrons. The van der Waals surface area contributed by atoms with Crippen molar-refractivity contribution in [1.82, 2.24) is 15.0 Å². The van der Waals surface area contributed by atoms with Gasteiger partial charge in [0.25, 0.3) is 0 Å². The van der Waals surface area contributed by atoms with E-state index < -0.39 is 0 Å². The molecule has 1 aliphatic rings. The van der Waals surface area contributed by atoms with Crippen LogP contribution in [0.3, 0.4) is 0 Å². The van der Waals surface area contributed by atoms with Gasteiger partial charge in [-0.1, -0.05) is 13.3 Å². The number of epoxide rings is 1. The van der Waals surface area contributed by atoms with Gasteiger partial charge in [0.05, 0.1) is 13.2 Å². The maximum atomic E-state index is 5.34. The Hall–Kier alpha value is -1.43. The van der Waals surface area contributed by atoms with Gasteiger partial charge in [-0.05, 0) is 6.42 Å². The second kappa shape index (κ2) is 5.60. The Labute approximate surface area is 94.0 Å². The van der Waals surface area contributed by atoms with Crippen molar-refractivity contribution in [2.45, 2.75) is 25.9 Å². The van der Waals surface area contributed by atoms with E-state index in [9.17, 15) is 0 Å². The summed E-state index contributed by atoms with van der Waals surface area (Å²) >= 11 is 0. The average Bonchev–Trinajstić information content (AvgIpc) is 3.11. The molecule has 0 saturated carbocycles. The van der Waals surface area contributed by atoms with E-state index in [0.29, 0.717) is 19.2 Å². The molecule has 0 radical (unpaired) electrons. The SMILES string of the molecule is CCCCOc1ncnc(OCC2CO2)n1. The number of hydrogen-bond donors (Lipinski definition) is 0. The van der Waals surface area contributed by atoms with Gasteiger partial charge in [0.1, 0.15) is 19.0 Å². The molecule has 1 fully saturated rings. The Kier molecular flexibility index (Phi) is 3.87. The molecule has 1 aliphatic heterocycles. The zero-order chi connectivity index (χ0) is 11.2. The zero-order valence-corrected chi connectivity index (χ0v) is 9.26. The second-order valence-electron chi connectivity index (χ2n) is 3.52. The van der Waals surface area contributed by atoms with Gasteiger partial charge in [-0.15, -0.1) is 4.98 Å². The van der Waals surface area contributed by atoms with Gasteiger partial charge in [0.15, 0.2) is 0 Å². The van der Waals surface area contributed by atoms with Gasteiger partial charge in [-0.3, -0.25) is 0 Å². The highest BCUT2D eigenvalue weighted by molar-refractivity contribution is 4.99. The summed E-state index contributed by atoms with van der Waals surface area (Å²) in [6.45, 7) is 3.95. The Morgan fingerprint density at radius 1 is 1.38 bits per heavy atom. The van der Waals surface area contributed by atoms with Crippen LogP contribution in [-0.4, -0.2) is 40.9 Å². The molecule has 0 spiro atoms. The molecular weight excluding hydrogens is 210 g/mol. The first-order valence-corrected chi connectivity index (χ1v) is 5.44. The van der Waals surface area contributed by atoms with Gasteiger partial charge in [0.2, 0.25) is 0 Å².